The molecule has 8 nitrogen and oxygen atoms in total. The van der Waals surface area contributed by atoms with Gasteiger partial charge in [-0.25, -0.2) is 0 Å². The fourth-order valence-electron chi connectivity index (χ4n) is 4.63. The van der Waals surface area contributed by atoms with Crippen LogP contribution in [0.15, 0.2) is 46.3 Å². The van der Waals surface area contributed by atoms with Gasteiger partial charge in [0.15, 0.2) is 0 Å². The van der Waals surface area contributed by atoms with E-state index in [1.165, 1.54) is 0 Å². The second-order valence-corrected chi connectivity index (χ2v) is 9.94. The molecule has 2 aliphatic heterocycles. The molecule has 2 fully saturated rings. The van der Waals surface area contributed by atoms with Crippen LogP contribution in [0.25, 0.3) is 10.7 Å². The Morgan fingerprint density at radius 3 is 2.74 bits per heavy atom. The number of benzene rings is 1. The molecule has 0 unspecified atom stereocenters. The average Bonchev–Trinajstić information content (AvgIpc) is 3.62. The third-order valence-electron chi connectivity index (χ3n) is 6.53. The number of aromatic nitrogens is 2. The second-order valence-electron chi connectivity index (χ2n) is 9.00. The van der Waals surface area contributed by atoms with E-state index in [0.717, 1.165) is 54.9 Å². The molecule has 3 aromatic rings. The minimum Gasteiger partial charge on any atom is -0.352 e. The van der Waals surface area contributed by atoms with E-state index in [0.29, 0.717) is 37.8 Å². The molecule has 4 heterocycles. The summed E-state index contributed by atoms with van der Waals surface area (Å²) in [5, 5.41) is 9.17. The van der Waals surface area contributed by atoms with E-state index in [-0.39, 0.29) is 17.7 Å². The number of hydrogen-bond acceptors (Lipinski definition) is 7. The smallest absolute Gasteiger partial charge is 0.241 e. The van der Waals surface area contributed by atoms with Gasteiger partial charge in [-0.3, -0.25) is 14.5 Å². The molecule has 0 atom stereocenters. The molecule has 0 spiro atoms. The molecule has 0 bridgehead atoms. The van der Waals surface area contributed by atoms with E-state index in [1.54, 1.807) is 11.3 Å². The molecule has 2 amide bonds. The van der Waals surface area contributed by atoms with E-state index < -0.39 is 0 Å². The zero-order valence-electron chi connectivity index (χ0n) is 19.1. The molecule has 2 aromatic heterocycles. The molecular formula is C25H29N5O3S. The SMILES string of the molecule is O=C(NCc1cccc(CN2CCCC2=O)c1)C1CCN(Cc2nc(-c3cccs3)no2)CC1. The Balaban J connectivity index is 1.06. The van der Waals surface area contributed by atoms with Crippen molar-refractivity contribution in [2.45, 2.75) is 45.3 Å². The van der Waals surface area contributed by atoms with Crippen LogP contribution in [0.4, 0.5) is 0 Å². The van der Waals surface area contributed by atoms with Gasteiger partial charge in [0, 0.05) is 32.0 Å². The zero-order valence-corrected chi connectivity index (χ0v) is 19.9. The summed E-state index contributed by atoms with van der Waals surface area (Å²) in [6.07, 6.45) is 3.22. The topological polar surface area (TPSA) is 91.6 Å². The highest BCUT2D eigenvalue weighted by atomic mass is 32.1. The molecule has 0 aliphatic carbocycles. The molecule has 1 N–H and O–H groups in total. The summed E-state index contributed by atoms with van der Waals surface area (Å²) < 4.78 is 5.41. The standard InChI is InChI=1S/C25H29N5O3S/c31-23-7-2-10-30(23)16-19-5-1-4-18(14-19)15-26-25(32)20-8-11-29(12-9-20)17-22-27-24(28-33-22)21-6-3-13-34-21/h1,3-6,13-14,20H,2,7-12,15-17H2,(H,26,32). The van der Waals surface area contributed by atoms with Crippen molar-refractivity contribution in [1.82, 2.24) is 25.3 Å². The van der Waals surface area contributed by atoms with Gasteiger partial charge in [0.05, 0.1) is 11.4 Å². The van der Waals surface area contributed by atoms with Gasteiger partial charge in [0.2, 0.25) is 23.5 Å². The van der Waals surface area contributed by atoms with Gasteiger partial charge in [0.25, 0.3) is 0 Å². The molecule has 0 radical (unpaired) electrons. The van der Waals surface area contributed by atoms with Gasteiger partial charge >= 0.3 is 0 Å². The molecule has 178 valence electrons. The lowest BCUT2D eigenvalue weighted by atomic mass is 9.96. The van der Waals surface area contributed by atoms with Crippen LogP contribution < -0.4 is 5.32 Å². The van der Waals surface area contributed by atoms with Crippen molar-refractivity contribution in [1.29, 1.82) is 0 Å². The van der Waals surface area contributed by atoms with Crippen LogP contribution in [-0.2, 0) is 29.2 Å². The summed E-state index contributed by atoms with van der Waals surface area (Å²) >= 11 is 1.59. The fourth-order valence-corrected chi connectivity index (χ4v) is 5.28. The summed E-state index contributed by atoms with van der Waals surface area (Å²) in [5.41, 5.74) is 2.17. The predicted molar refractivity (Wildman–Crippen MR) is 129 cm³/mol. The molecule has 34 heavy (non-hydrogen) atoms. The van der Waals surface area contributed by atoms with Crippen LogP contribution in [-0.4, -0.2) is 51.4 Å². The first-order valence-electron chi connectivity index (χ1n) is 11.9. The van der Waals surface area contributed by atoms with Crippen molar-refractivity contribution in [3.8, 4) is 10.7 Å². The quantitative estimate of drug-likeness (QED) is 0.532. The highest BCUT2D eigenvalue weighted by Gasteiger charge is 2.26. The van der Waals surface area contributed by atoms with Crippen LogP contribution in [0.1, 0.15) is 42.7 Å². The summed E-state index contributed by atoms with van der Waals surface area (Å²) in [6.45, 7) is 4.25. The molecule has 9 heteroatoms. The highest BCUT2D eigenvalue weighted by molar-refractivity contribution is 7.13. The number of piperidine rings is 1. The summed E-state index contributed by atoms with van der Waals surface area (Å²) in [4.78, 5) is 34.3. The number of likely N-dealkylation sites (tertiary alicyclic amines) is 2. The molecular weight excluding hydrogens is 450 g/mol. The van der Waals surface area contributed by atoms with E-state index in [1.807, 2.05) is 40.6 Å². The largest absolute Gasteiger partial charge is 0.352 e. The number of thiophene rings is 1. The number of carbonyl (C=O) groups excluding carboxylic acids is 2. The van der Waals surface area contributed by atoms with Crippen molar-refractivity contribution in [2.75, 3.05) is 19.6 Å². The number of hydrogen-bond donors (Lipinski definition) is 1. The third kappa shape index (κ3) is 5.53. The van der Waals surface area contributed by atoms with Gasteiger partial charge in [-0.2, -0.15) is 4.98 Å². The van der Waals surface area contributed by atoms with Crippen molar-refractivity contribution in [3.63, 3.8) is 0 Å². The van der Waals surface area contributed by atoms with E-state index in [9.17, 15) is 9.59 Å². The van der Waals surface area contributed by atoms with E-state index >= 15 is 0 Å². The summed E-state index contributed by atoms with van der Waals surface area (Å²) in [5.74, 6) is 1.60. The minimum atomic E-state index is 0.0195. The van der Waals surface area contributed by atoms with Crippen LogP contribution in [0.2, 0.25) is 0 Å². The molecule has 2 saturated heterocycles. The number of nitrogens with one attached hydrogen (secondary N) is 1. The average molecular weight is 480 g/mol. The third-order valence-corrected chi connectivity index (χ3v) is 7.40. The van der Waals surface area contributed by atoms with Crippen LogP contribution in [0.3, 0.4) is 0 Å². The van der Waals surface area contributed by atoms with Crippen molar-refractivity contribution >= 4 is 23.2 Å². The van der Waals surface area contributed by atoms with Gasteiger partial charge in [-0.15, -0.1) is 11.3 Å². The first-order valence-corrected chi connectivity index (χ1v) is 12.7. The van der Waals surface area contributed by atoms with Gasteiger partial charge in [-0.1, -0.05) is 35.5 Å². The van der Waals surface area contributed by atoms with Crippen molar-refractivity contribution < 1.29 is 14.1 Å². The summed E-state index contributed by atoms with van der Waals surface area (Å²) in [7, 11) is 0. The van der Waals surface area contributed by atoms with Crippen molar-refractivity contribution in [2.24, 2.45) is 5.92 Å². The van der Waals surface area contributed by atoms with E-state index in [2.05, 4.69) is 26.4 Å². The van der Waals surface area contributed by atoms with Crippen molar-refractivity contribution in [3.05, 3.63) is 58.8 Å². The summed E-state index contributed by atoms with van der Waals surface area (Å²) in [6, 6.07) is 12.1. The maximum atomic E-state index is 12.8. The van der Waals surface area contributed by atoms with Crippen LogP contribution >= 0.6 is 11.3 Å². The Bertz CT molecular complexity index is 1120. The van der Waals surface area contributed by atoms with E-state index in [4.69, 9.17) is 4.52 Å². The monoisotopic (exact) mass is 479 g/mol. The first-order chi connectivity index (χ1) is 16.6. The Kier molecular flexibility index (Phi) is 7.01. The lowest BCUT2D eigenvalue weighted by Crippen LogP contribution is -2.40. The first kappa shape index (κ1) is 22.7. The Hall–Kier alpha value is -3.04. The Morgan fingerprint density at radius 1 is 1.12 bits per heavy atom. The normalized spacial score (nSPS) is 17.4. The zero-order chi connectivity index (χ0) is 23.3. The molecule has 0 saturated carbocycles. The number of amides is 2. The Labute approximate surface area is 202 Å². The Morgan fingerprint density at radius 2 is 1.97 bits per heavy atom. The lowest BCUT2D eigenvalue weighted by Gasteiger charge is -2.30. The number of carbonyl (C=O) groups is 2. The maximum absolute atomic E-state index is 12.8. The highest BCUT2D eigenvalue weighted by Crippen LogP contribution is 2.23. The molecule has 1 aromatic carbocycles. The predicted octanol–water partition coefficient (Wildman–Crippen LogP) is 3.45. The van der Waals surface area contributed by atoms with Gasteiger partial charge in [0.1, 0.15) is 0 Å². The number of nitrogens with zero attached hydrogens (tertiary/aromatic N) is 4. The number of rotatable bonds is 8. The second kappa shape index (κ2) is 10.5. The van der Waals surface area contributed by atoms with Gasteiger partial charge in [-0.05, 0) is 54.9 Å². The molecule has 5 rings (SSSR count). The minimum absolute atomic E-state index is 0.0195. The molecule has 2 aliphatic rings. The fraction of sp³-hybridized carbons (Fsp3) is 0.440. The van der Waals surface area contributed by atoms with Crippen LogP contribution in [0.5, 0.6) is 0 Å². The van der Waals surface area contributed by atoms with Gasteiger partial charge < -0.3 is 14.7 Å². The lowest BCUT2D eigenvalue weighted by molar-refractivity contribution is -0.128. The van der Waals surface area contributed by atoms with Crippen LogP contribution in [0, 0.1) is 5.92 Å². The maximum Gasteiger partial charge on any atom is 0.241 e.